The maximum Gasteiger partial charge on any atom is 0.524 e. The number of likely N-dealkylation sites (tertiary alicyclic amines) is 1. The number of benzene rings is 1. The Kier molecular flexibility index (Phi) is 2.51. The minimum atomic E-state index is -4.84. The van der Waals surface area contributed by atoms with Gasteiger partial charge in [0.05, 0.1) is 0 Å². The largest absolute Gasteiger partial charge is 0.524 e. The number of likely N-dealkylation sites (N-methyl/N-ethyl adjacent to an activating group) is 1. The van der Waals surface area contributed by atoms with Gasteiger partial charge in [-0.3, -0.25) is 9.79 Å². The Morgan fingerprint density at radius 2 is 2.48 bits per heavy atom. The van der Waals surface area contributed by atoms with Crippen molar-refractivity contribution in [2.45, 2.75) is 25.3 Å². The van der Waals surface area contributed by atoms with Crippen LogP contribution in [0.15, 0.2) is 24.4 Å². The van der Waals surface area contributed by atoms with E-state index in [2.05, 4.69) is 4.98 Å². The van der Waals surface area contributed by atoms with Gasteiger partial charge in [-0.15, -0.1) is 0 Å². The number of hydrogen-bond donors (Lipinski definition) is 3. The molecule has 114 valence electrons. The summed E-state index contributed by atoms with van der Waals surface area (Å²) in [5.41, 5.74) is 0.547. The molecule has 0 unspecified atom stereocenters. The monoisotopic (exact) mass is 315 g/mol. The van der Waals surface area contributed by atoms with Crippen molar-refractivity contribution in [3.8, 4) is 5.75 Å². The highest BCUT2D eigenvalue weighted by Crippen LogP contribution is 2.42. The smallest absolute Gasteiger partial charge is 0.404 e. The lowest BCUT2D eigenvalue weighted by Crippen LogP contribution is -2.26. The molecule has 6 nitrogen and oxygen atoms in total. The van der Waals surface area contributed by atoms with Crippen LogP contribution in [0.2, 0.25) is 0 Å². The lowest BCUT2D eigenvalue weighted by molar-refractivity contribution is 0.284. The van der Waals surface area contributed by atoms with E-state index in [0.717, 1.165) is 4.90 Å². The molecule has 1 aromatic carbocycles. The van der Waals surface area contributed by atoms with E-state index in [0.29, 0.717) is 18.4 Å². The van der Waals surface area contributed by atoms with Crippen LogP contribution in [-0.4, -0.2) is 39.2 Å². The Morgan fingerprint density at radius 1 is 1.62 bits per heavy atom. The molecule has 1 saturated heterocycles. The zero-order chi connectivity index (χ0) is 19.3. The molecule has 1 aromatic heterocycles. The molecule has 1 fully saturated rings. The molecule has 0 amide bonds. The minimum absolute atomic E-state index is 0.109. The molecular formula is C14H19N2O4P. The quantitative estimate of drug-likeness (QED) is 0.754. The van der Waals surface area contributed by atoms with Gasteiger partial charge >= 0.3 is 7.82 Å². The number of aromatic amines is 1. The number of nitrogens with one attached hydrogen (secondary N) is 1. The highest BCUT2D eigenvalue weighted by molar-refractivity contribution is 7.46. The lowest BCUT2D eigenvalue weighted by atomic mass is 10.0. The summed E-state index contributed by atoms with van der Waals surface area (Å²) in [5.74, 6) is -0.158. The van der Waals surface area contributed by atoms with Crippen molar-refractivity contribution in [3.05, 3.63) is 30.0 Å². The van der Waals surface area contributed by atoms with E-state index in [1.54, 1.807) is 6.07 Å². The van der Waals surface area contributed by atoms with E-state index >= 15 is 0 Å². The van der Waals surface area contributed by atoms with Crippen LogP contribution in [0.3, 0.4) is 0 Å². The van der Waals surface area contributed by atoms with Crippen LogP contribution in [0.25, 0.3) is 10.9 Å². The van der Waals surface area contributed by atoms with E-state index < -0.39 is 27.2 Å². The first kappa shape index (κ1) is 9.64. The molecule has 2 aromatic rings. The van der Waals surface area contributed by atoms with Crippen LogP contribution in [0.4, 0.5) is 0 Å². The molecule has 2 heterocycles. The summed E-state index contributed by atoms with van der Waals surface area (Å²) in [6.07, 6.45) is 0.237. The third-order valence-corrected chi connectivity index (χ3v) is 3.89. The zero-order valence-electron chi connectivity index (χ0n) is 16.1. The Bertz CT molecular complexity index is 863. The number of rotatable bonds is 4. The summed E-state index contributed by atoms with van der Waals surface area (Å²) in [6, 6.07) is 3.59. The Balaban J connectivity index is 2.11. The topological polar surface area (TPSA) is 85.8 Å². The molecule has 1 aliphatic heterocycles. The first-order valence-corrected chi connectivity index (χ1v) is 8.07. The summed E-state index contributed by atoms with van der Waals surface area (Å²) >= 11 is 0. The van der Waals surface area contributed by atoms with E-state index in [9.17, 15) is 4.57 Å². The van der Waals surface area contributed by atoms with Crippen molar-refractivity contribution in [3.63, 3.8) is 0 Å². The van der Waals surface area contributed by atoms with Gasteiger partial charge in [0.2, 0.25) is 0 Å². The van der Waals surface area contributed by atoms with Crippen LogP contribution < -0.4 is 4.52 Å². The first-order valence-electron chi connectivity index (χ1n) is 9.04. The van der Waals surface area contributed by atoms with E-state index in [-0.39, 0.29) is 23.2 Å². The van der Waals surface area contributed by atoms with Crippen LogP contribution in [0.1, 0.15) is 25.3 Å². The van der Waals surface area contributed by atoms with Gasteiger partial charge in [0.1, 0.15) is 5.75 Å². The fraction of sp³-hybridized carbons (Fsp3) is 0.429. The molecule has 0 saturated carbocycles. The lowest BCUT2D eigenvalue weighted by Gasteiger charge is -2.19. The summed E-state index contributed by atoms with van der Waals surface area (Å²) in [6.45, 7) is -2.17. The van der Waals surface area contributed by atoms with Crippen molar-refractivity contribution in [1.82, 2.24) is 9.88 Å². The number of hydrogen-bond acceptors (Lipinski definition) is 3. The molecule has 0 radical (unpaired) electrons. The standard InChI is InChI=1S/C14H19N2O4P/c1-16-7-3-4-11(16)8-10-9-15-12-5-2-6-13(14(10)12)20-21(17,18)19/h2,5-6,9,11,15H,3-4,7-8H2,1H3,(H2,17,18,19)/t11-/m1/s1/i1D3,8D2. The third kappa shape index (κ3) is 3.14. The third-order valence-electron chi connectivity index (χ3n) is 3.46. The van der Waals surface area contributed by atoms with Gasteiger partial charge < -0.3 is 14.4 Å². The van der Waals surface area contributed by atoms with E-state index in [1.165, 1.54) is 18.3 Å². The highest BCUT2D eigenvalue weighted by atomic mass is 31.2. The van der Waals surface area contributed by atoms with Crippen LogP contribution >= 0.6 is 7.82 Å². The molecule has 7 heteroatoms. The molecule has 0 aliphatic carbocycles. The number of nitrogens with zero attached hydrogens (tertiary/aromatic N) is 1. The maximum atomic E-state index is 11.3. The Labute approximate surface area is 130 Å². The predicted octanol–water partition coefficient (Wildman–Crippen LogP) is 2.28. The SMILES string of the molecule is [2H]C([2H])(c1c[nH]c2cccc(OP(=O)(O)O)c12)[C@H]1CCCN1C([2H])([2H])[2H]. The number of H-pyrrole nitrogens is 1. The van der Waals surface area contributed by atoms with Crippen molar-refractivity contribution in [2.75, 3.05) is 13.5 Å². The Morgan fingerprint density at radius 3 is 3.24 bits per heavy atom. The number of fused-ring (bicyclic) bond motifs is 1. The molecule has 0 spiro atoms. The van der Waals surface area contributed by atoms with Crippen molar-refractivity contribution >= 4 is 18.7 Å². The predicted molar refractivity (Wildman–Crippen MR) is 80.3 cm³/mol. The van der Waals surface area contributed by atoms with Crippen LogP contribution in [0.5, 0.6) is 5.75 Å². The van der Waals surface area contributed by atoms with Gasteiger partial charge in [-0.05, 0) is 50.4 Å². The van der Waals surface area contributed by atoms with Crippen molar-refractivity contribution in [2.24, 2.45) is 0 Å². The molecule has 1 aliphatic rings. The molecule has 3 N–H and O–H groups in total. The zero-order valence-corrected chi connectivity index (χ0v) is 12.0. The fourth-order valence-corrected chi connectivity index (χ4v) is 2.97. The molecule has 21 heavy (non-hydrogen) atoms. The summed E-state index contributed by atoms with van der Waals surface area (Å²) in [7, 11) is -4.84. The molecule has 3 rings (SSSR count). The van der Waals surface area contributed by atoms with Gasteiger partial charge in [0, 0.05) is 30.0 Å². The highest BCUT2D eigenvalue weighted by Gasteiger charge is 2.24. The second-order valence-electron chi connectivity index (χ2n) is 4.96. The normalized spacial score (nSPS) is 25.0. The van der Waals surface area contributed by atoms with Crippen molar-refractivity contribution in [1.29, 1.82) is 0 Å². The van der Waals surface area contributed by atoms with Gasteiger partial charge in [-0.25, -0.2) is 4.57 Å². The second kappa shape index (κ2) is 5.46. The summed E-state index contributed by atoms with van der Waals surface area (Å²) in [5, 5.41) is 0.193. The second-order valence-corrected chi connectivity index (χ2v) is 6.12. The number of aromatic nitrogens is 1. The average Bonchev–Trinajstić information content (AvgIpc) is 3.13. The number of phosphoric acid groups is 1. The van der Waals surface area contributed by atoms with E-state index in [4.69, 9.17) is 21.2 Å². The molecular weight excluding hydrogens is 291 g/mol. The van der Waals surface area contributed by atoms with Gasteiger partial charge in [-0.1, -0.05) is 6.07 Å². The van der Waals surface area contributed by atoms with Gasteiger partial charge in [-0.2, -0.15) is 0 Å². The van der Waals surface area contributed by atoms with Gasteiger partial charge in [0.15, 0.2) is 0 Å². The fourth-order valence-electron chi connectivity index (χ4n) is 2.57. The summed E-state index contributed by atoms with van der Waals surface area (Å²) < 4.78 is 56.1. The minimum Gasteiger partial charge on any atom is -0.404 e. The van der Waals surface area contributed by atoms with Crippen LogP contribution in [-0.2, 0) is 10.9 Å². The van der Waals surface area contributed by atoms with Gasteiger partial charge in [0.25, 0.3) is 0 Å². The average molecular weight is 315 g/mol. The first-order chi connectivity index (χ1) is 11.9. The molecule has 0 bridgehead atoms. The van der Waals surface area contributed by atoms with Crippen LogP contribution in [0, 0.1) is 0 Å². The summed E-state index contributed by atoms with van der Waals surface area (Å²) in [4.78, 5) is 22.3. The van der Waals surface area contributed by atoms with Crippen molar-refractivity contribution < 1.29 is 25.7 Å². The van der Waals surface area contributed by atoms with E-state index in [1.807, 2.05) is 0 Å². The Hall–Kier alpha value is -1.33. The maximum absolute atomic E-state index is 11.3. The molecule has 1 atom stereocenters. The number of phosphoric ester groups is 1.